The highest BCUT2D eigenvalue weighted by atomic mass is 16.5. The molecule has 22 heavy (non-hydrogen) atoms. The molecule has 7 heteroatoms. The molecular formula is C15H16N4O3. The Hall–Kier alpha value is -2.83. The first-order chi connectivity index (χ1) is 10.6. The lowest BCUT2D eigenvalue weighted by atomic mass is 10.1. The third kappa shape index (κ3) is 2.41. The molecule has 0 spiro atoms. The maximum Gasteiger partial charge on any atom is 0.287 e. The molecule has 1 aromatic heterocycles. The number of ether oxygens (including phenoxy) is 1. The first-order valence-corrected chi connectivity index (χ1v) is 6.81. The van der Waals surface area contributed by atoms with Gasteiger partial charge in [-0.05, 0) is 12.1 Å². The summed E-state index contributed by atoms with van der Waals surface area (Å²) in [5, 5.41) is 3.86. The third-order valence-corrected chi connectivity index (χ3v) is 3.55. The predicted molar refractivity (Wildman–Crippen MR) is 81.0 cm³/mol. The number of hydrogen-bond acceptors (Lipinski definition) is 6. The van der Waals surface area contributed by atoms with Crippen LogP contribution in [-0.4, -0.2) is 49.0 Å². The van der Waals surface area contributed by atoms with Gasteiger partial charge >= 0.3 is 0 Å². The Morgan fingerprint density at radius 1 is 1.41 bits per heavy atom. The minimum atomic E-state index is -0.656. The van der Waals surface area contributed by atoms with Crippen molar-refractivity contribution < 1.29 is 14.1 Å². The molecule has 0 aliphatic carbocycles. The smallest absolute Gasteiger partial charge is 0.287 e. The van der Waals surface area contributed by atoms with Crippen LogP contribution in [0.2, 0.25) is 0 Å². The molecule has 1 aliphatic rings. The van der Waals surface area contributed by atoms with E-state index < -0.39 is 5.91 Å². The van der Waals surface area contributed by atoms with E-state index in [1.54, 1.807) is 7.11 Å². The summed E-state index contributed by atoms with van der Waals surface area (Å²) in [6.07, 6.45) is 0. The summed E-state index contributed by atoms with van der Waals surface area (Å²) in [7, 11) is 3.58. The molecule has 114 valence electrons. The molecule has 1 aliphatic heterocycles. The molecule has 0 atom stereocenters. The van der Waals surface area contributed by atoms with Gasteiger partial charge in [0, 0.05) is 30.8 Å². The fourth-order valence-corrected chi connectivity index (χ4v) is 2.40. The Labute approximate surface area is 127 Å². The van der Waals surface area contributed by atoms with Crippen molar-refractivity contribution in [2.75, 3.05) is 27.2 Å². The number of nitrogens with two attached hydrogens (primary N) is 1. The largest absolute Gasteiger partial charge is 0.496 e. The standard InChI is InChI=1S/C15H16N4O3/c1-19-6-5-17-15(19)9-3-4-10(12(7-9)21-2)11-8-13(14(16)20)22-18-11/h3-4,7-8H,5-6H2,1-2H3,(H2,16,20). The van der Waals surface area contributed by atoms with E-state index in [0.29, 0.717) is 11.4 Å². The fraction of sp³-hybridized carbons (Fsp3) is 0.267. The molecule has 2 N–H and O–H groups in total. The van der Waals surface area contributed by atoms with Crippen molar-refractivity contribution in [2.24, 2.45) is 10.7 Å². The molecule has 1 aromatic carbocycles. The molecule has 0 radical (unpaired) electrons. The van der Waals surface area contributed by atoms with Crippen molar-refractivity contribution in [3.05, 3.63) is 35.6 Å². The van der Waals surface area contributed by atoms with Crippen LogP contribution in [0.3, 0.4) is 0 Å². The molecule has 3 rings (SSSR count). The summed E-state index contributed by atoms with van der Waals surface area (Å²) >= 11 is 0. The lowest BCUT2D eigenvalue weighted by molar-refractivity contribution is 0.0965. The average Bonchev–Trinajstić information content (AvgIpc) is 3.15. The van der Waals surface area contributed by atoms with Crippen molar-refractivity contribution in [1.29, 1.82) is 0 Å². The molecule has 0 unspecified atom stereocenters. The molecule has 0 saturated heterocycles. The molecule has 7 nitrogen and oxygen atoms in total. The van der Waals surface area contributed by atoms with E-state index in [0.717, 1.165) is 30.1 Å². The summed E-state index contributed by atoms with van der Waals surface area (Å²) in [5.41, 5.74) is 7.37. The van der Waals surface area contributed by atoms with Crippen LogP contribution in [0.1, 0.15) is 16.1 Å². The van der Waals surface area contributed by atoms with E-state index in [2.05, 4.69) is 15.0 Å². The summed E-state index contributed by atoms with van der Waals surface area (Å²) in [4.78, 5) is 17.7. The van der Waals surface area contributed by atoms with Crippen LogP contribution >= 0.6 is 0 Å². The number of carbonyl (C=O) groups excluding carboxylic acids is 1. The van der Waals surface area contributed by atoms with Gasteiger partial charge in [0.05, 0.1) is 13.7 Å². The second kappa shape index (κ2) is 5.51. The van der Waals surface area contributed by atoms with Crippen LogP contribution in [0.4, 0.5) is 0 Å². The maximum atomic E-state index is 11.1. The Morgan fingerprint density at radius 3 is 2.82 bits per heavy atom. The van der Waals surface area contributed by atoms with Crippen LogP contribution in [-0.2, 0) is 0 Å². The normalized spacial score (nSPS) is 14.1. The number of amides is 1. The van der Waals surface area contributed by atoms with Crippen LogP contribution in [0.25, 0.3) is 11.3 Å². The fourth-order valence-electron chi connectivity index (χ4n) is 2.40. The number of primary amides is 1. The molecule has 0 saturated carbocycles. The number of carbonyl (C=O) groups is 1. The number of amidine groups is 1. The SMILES string of the molecule is COc1cc(C2=NCCN2C)ccc1-c1cc(C(N)=O)on1. The average molecular weight is 300 g/mol. The van der Waals surface area contributed by atoms with E-state index in [9.17, 15) is 4.79 Å². The monoisotopic (exact) mass is 300 g/mol. The van der Waals surface area contributed by atoms with Gasteiger partial charge in [-0.2, -0.15) is 0 Å². The van der Waals surface area contributed by atoms with Gasteiger partial charge in [0.1, 0.15) is 17.3 Å². The van der Waals surface area contributed by atoms with Gasteiger partial charge in [-0.15, -0.1) is 0 Å². The number of rotatable bonds is 4. The number of aromatic nitrogens is 1. The van der Waals surface area contributed by atoms with Gasteiger partial charge in [-0.1, -0.05) is 11.2 Å². The number of aliphatic imine (C=N–C) groups is 1. The van der Waals surface area contributed by atoms with E-state index in [1.807, 2.05) is 25.2 Å². The third-order valence-electron chi connectivity index (χ3n) is 3.55. The molecular weight excluding hydrogens is 284 g/mol. The van der Waals surface area contributed by atoms with Crippen molar-refractivity contribution >= 4 is 11.7 Å². The van der Waals surface area contributed by atoms with Crippen LogP contribution < -0.4 is 10.5 Å². The van der Waals surface area contributed by atoms with Crippen LogP contribution in [0, 0.1) is 0 Å². The second-order valence-corrected chi connectivity index (χ2v) is 4.98. The molecule has 1 amide bonds. The highest BCUT2D eigenvalue weighted by Gasteiger charge is 2.19. The van der Waals surface area contributed by atoms with E-state index in [1.165, 1.54) is 6.07 Å². The highest BCUT2D eigenvalue weighted by Crippen LogP contribution is 2.31. The van der Waals surface area contributed by atoms with Gasteiger partial charge < -0.3 is 19.9 Å². The predicted octanol–water partition coefficient (Wildman–Crippen LogP) is 1.14. The summed E-state index contributed by atoms with van der Waals surface area (Å²) in [6.45, 7) is 1.70. The zero-order valence-corrected chi connectivity index (χ0v) is 12.4. The zero-order valence-electron chi connectivity index (χ0n) is 12.4. The Bertz CT molecular complexity index is 751. The van der Waals surface area contributed by atoms with Crippen molar-refractivity contribution in [1.82, 2.24) is 10.1 Å². The number of likely N-dealkylation sites (N-methyl/N-ethyl adjacent to an activating group) is 1. The van der Waals surface area contributed by atoms with Crippen molar-refractivity contribution in [3.63, 3.8) is 0 Å². The Morgan fingerprint density at radius 2 is 2.23 bits per heavy atom. The number of nitrogens with zero attached hydrogens (tertiary/aromatic N) is 3. The lowest BCUT2D eigenvalue weighted by Crippen LogP contribution is -2.23. The first-order valence-electron chi connectivity index (χ1n) is 6.81. The summed E-state index contributed by atoms with van der Waals surface area (Å²) in [5.74, 6) is 0.921. The molecule has 2 heterocycles. The second-order valence-electron chi connectivity index (χ2n) is 4.98. The van der Waals surface area contributed by atoms with Gasteiger partial charge in [-0.25, -0.2) is 0 Å². The topological polar surface area (TPSA) is 93.9 Å². The summed E-state index contributed by atoms with van der Waals surface area (Å²) in [6, 6.07) is 7.20. The molecule has 0 bridgehead atoms. The lowest BCUT2D eigenvalue weighted by Gasteiger charge is -2.15. The minimum Gasteiger partial charge on any atom is -0.496 e. The van der Waals surface area contributed by atoms with Gasteiger partial charge in [0.15, 0.2) is 0 Å². The highest BCUT2D eigenvalue weighted by molar-refractivity contribution is 6.00. The number of benzene rings is 1. The van der Waals surface area contributed by atoms with Crippen LogP contribution in [0.5, 0.6) is 5.75 Å². The number of methoxy groups -OCH3 is 1. The van der Waals surface area contributed by atoms with Gasteiger partial charge in [-0.3, -0.25) is 9.79 Å². The molecule has 0 fully saturated rings. The summed E-state index contributed by atoms with van der Waals surface area (Å²) < 4.78 is 10.3. The maximum absolute atomic E-state index is 11.1. The zero-order chi connectivity index (χ0) is 15.7. The van der Waals surface area contributed by atoms with Crippen LogP contribution in [0.15, 0.2) is 33.8 Å². The first kappa shape index (κ1) is 14.1. The van der Waals surface area contributed by atoms with Gasteiger partial charge in [0.25, 0.3) is 5.91 Å². The molecule has 2 aromatic rings. The van der Waals surface area contributed by atoms with Crippen molar-refractivity contribution in [3.8, 4) is 17.0 Å². The minimum absolute atomic E-state index is 0.0148. The van der Waals surface area contributed by atoms with Gasteiger partial charge in [0.2, 0.25) is 5.76 Å². The van der Waals surface area contributed by atoms with E-state index in [4.69, 9.17) is 15.0 Å². The van der Waals surface area contributed by atoms with Crippen molar-refractivity contribution in [2.45, 2.75) is 0 Å². The quantitative estimate of drug-likeness (QED) is 0.913. The Kier molecular flexibility index (Phi) is 3.54. The van der Waals surface area contributed by atoms with E-state index >= 15 is 0 Å². The van der Waals surface area contributed by atoms with E-state index in [-0.39, 0.29) is 5.76 Å². The Balaban J connectivity index is 2.00. The number of hydrogen-bond donors (Lipinski definition) is 1.